The van der Waals surface area contributed by atoms with Crippen LogP contribution in [0.15, 0.2) is 12.2 Å². The summed E-state index contributed by atoms with van der Waals surface area (Å²) in [5.74, 6) is 0.946. The molecule has 0 aromatic carbocycles. The molecule has 1 heterocycles. The fourth-order valence-electron chi connectivity index (χ4n) is 2.43. The zero-order valence-corrected chi connectivity index (χ0v) is 11.0. The Morgan fingerprint density at radius 1 is 1.35 bits per heavy atom. The molecule has 98 valence electrons. The molecule has 0 aliphatic carbocycles. The zero-order valence-electron chi connectivity index (χ0n) is 11.0. The Bertz CT molecular complexity index is 245. The minimum atomic E-state index is 0.312. The Morgan fingerprint density at radius 3 is 2.76 bits per heavy atom. The van der Waals surface area contributed by atoms with Crippen LogP contribution in [0.3, 0.4) is 0 Å². The van der Waals surface area contributed by atoms with Gasteiger partial charge in [-0.2, -0.15) is 0 Å². The quantitative estimate of drug-likeness (QED) is 0.692. The molecule has 1 aliphatic heterocycles. The number of rotatable bonds is 7. The first-order valence-corrected chi connectivity index (χ1v) is 6.90. The van der Waals surface area contributed by atoms with E-state index in [2.05, 4.69) is 19.1 Å². The summed E-state index contributed by atoms with van der Waals surface area (Å²) in [6, 6.07) is 0. The van der Waals surface area contributed by atoms with Gasteiger partial charge in [-0.05, 0) is 31.7 Å². The van der Waals surface area contributed by atoms with Crippen LogP contribution in [0.5, 0.6) is 0 Å². The lowest BCUT2D eigenvalue weighted by Crippen LogP contribution is -2.33. The molecule has 0 spiro atoms. The van der Waals surface area contributed by atoms with Crippen molar-refractivity contribution in [2.75, 3.05) is 19.6 Å². The lowest BCUT2D eigenvalue weighted by atomic mass is 9.94. The maximum Gasteiger partial charge on any atom is 0.222 e. The van der Waals surface area contributed by atoms with Crippen LogP contribution in [0, 0.1) is 5.92 Å². The van der Waals surface area contributed by atoms with Crippen LogP contribution >= 0.6 is 0 Å². The van der Waals surface area contributed by atoms with Crippen LogP contribution in [-0.4, -0.2) is 30.4 Å². The van der Waals surface area contributed by atoms with Gasteiger partial charge in [-0.3, -0.25) is 4.79 Å². The van der Waals surface area contributed by atoms with E-state index in [4.69, 9.17) is 5.73 Å². The molecule has 0 bridgehead atoms. The van der Waals surface area contributed by atoms with Gasteiger partial charge in [0.25, 0.3) is 0 Å². The monoisotopic (exact) mass is 238 g/mol. The summed E-state index contributed by atoms with van der Waals surface area (Å²) in [7, 11) is 0. The largest absolute Gasteiger partial charge is 0.339 e. The summed E-state index contributed by atoms with van der Waals surface area (Å²) >= 11 is 0. The average Bonchev–Trinajstić information content (AvgIpc) is 2.37. The molecule has 1 amide bonds. The van der Waals surface area contributed by atoms with E-state index in [9.17, 15) is 4.79 Å². The van der Waals surface area contributed by atoms with Gasteiger partial charge in [-0.1, -0.05) is 31.9 Å². The van der Waals surface area contributed by atoms with Gasteiger partial charge in [0.2, 0.25) is 5.91 Å². The molecule has 17 heavy (non-hydrogen) atoms. The third-order valence-corrected chi connectivity index (χ3v) is 3.45. The minimum absolute atomic E-state index is 0.312. The highest BCUT2D eigenvalue weighted by Gasteiger charge is 2.15. The maximum atomic E-state index is 12.0. The third kappa shape index (κ3) is 5.35. The lowest BCUT2D eigenvalue weighted by Gasteiger charge is -2.24. The molecule has 0 radical (unpaired) electrons. The molecule has 2 N–H and O–H groups in total. The molecule has 0 aromatic rings. The number of carbonyl (C=O) groups excluding carboxylic acids is 1. The molecular formula is C14H26N2O. The number of hydrogen-bond donors (Lipinski definition) is 1. The molecule has 0 saturated heterocycles. The highest BCUT2D eigenvalue weighted by molar-refractivity contribution is 5.76. The van der Waals surface area contributed by atoms with Crippen LogP contribution in [-0.2, 0) is 4.79 Å². The molecule has 0 fully saturated rings. The number of nitrogens with zero attached hydrogens (tertiary/aromatic N) is 1. The maximum absolute atomic E-state index is 12.0. The Labute approximate surface area is 105 Å². The van der Waals surface area contributed by atoms with Crippen LogP contribution in [0.4, 0.5) is 0 Å². The van der Waals surface area contributed by atoms with Crippen molar-refractivity contribution < 1.29 is 4.79 Å². The topological polar surface area (TPSA) is 46.3 Å². The first-order chi connectivity index (χ1) is 8.27. The Balaban J connectivity index is 2.27. The summed E-state index contributed by atoms with van der Waals surface area (Å²) < 4.78 is 0. The second-order valence-corrected chi connectivity index (χ2v) is 4.87. The molecule has 0 saturated carbocycles. The van der Waals surface area contributed by atoms with Gasteiger partial charge in [0.15, 0.2) is 0 Å². The number of hydrogen-bond acceptors (Lipinski definition) is 2. The first kappa shape index (κ1) is 14.2. The van der Waals surface area contributed by atoms with Crippen LogP contribution in [0.25, 0.3) is 0 Å². The second-order valence-electron chi connectivity index (χ2n) is 4.87. The number of amides is 1. The lowest BCUT2D eigenvalue weighted by molar-refractivity contribution is -0.131. The Kier molecular flexibility index (Phi) is 6.94. The van der Waals surface area contributed by atoms with Gasteiger partial charge >= 0.3 is 0 Å². The van der Waals surface area contributed by atoms with Gasteiger partial charge in [-0.15, -0.1) is 0 Å². The van der Waals surface area contributed by atoms with Crippen molar-refractivity contribution in [1.29, 1.82) is 0 Å². The SMILES string of the molecule is CCCC(CCN)CCC(=O)N1CC=CCC1. The van der Waals surface area contributed by atoms with E-state index in [0.717, 1.165) is 38.9 Å². The molecule has 1 unspecified atom stereocenters. The molecule has 3 nitrogen and oxygen atoms in total. The summed E-state index contributed by atoms with van der Waals surface area (Å²) in [6.45, 7) is 4.63. The van der Waals surface area contributed by atoms with Crippen molar-refractivity contribution in [2.45, 2.75) is 45.4 Å². The van der Waals surface area contributed by atoms with Crippen LogP contribution in [0.2, 0.25) is 0 Å². The smallest absolute Gasteiger partial charge is 0.222 e. The molecule has 1 atom stereocenters. The van der Waals surface area contributed by atoms with Crippen molar-refractivity contribution in [3.63, 3.8) is 0 Å². The molecule has 1 aliphatic rings. The molecule has 1 rings (SSSR count). The van der Waals surface area contributed by atoms with E-state index < -0.39 is 0 Å². The van der Waals surface area contributed by atoms with Gasteiger partial charge in [-0.25, -0.2) is 0 Å². The average molecular weight is 238 g/mol. The Morgan fingerprint density at radius 2 is 2.18 bits per heavy atom. The summed E-state index contributed by atoms with van der Waals surface area (Å²) in [5, 5.41) is 0. The summed E-state index contributed by atoms with van der Waals surface area (Å²) in [4.78, 5) is 13.9. The number of nitrogens with two attached hydrogens (primary N) is 1. The first-order valence-electron chi connectivity index (χ1n) is 6.90. The number of carbonyl (C=O) groups is 1. The van der Waals surface area contributed by atoms with Crippen molar-refractivity contribution in [1.82, 2.24) is 4.90 Å². The van der Waals surface area contributed by atoms with E-state index in [1.165, 1.54) is 12.8 Å². The van der Waals surface area contributed by atoms with Gasteiger partial charge in [0.1, 0.15) is 0 Å². The van der Waals surface area contributed by atoms with Gasteiger partial charge < -0.3 is 10.6 Å². The minimum Gasteiger partial charge on any atom is -0.339 e. The summed E-state index contributed by atoms with van der Waals surface area (Å²) in [5.41, 5.74) is 5.60. The van der Waals surface area contributed by atoms with Gasteiger partial charge in [0, 0.05) is 19.5 Å². The van der Waals surface area contributed by atoms with Crippen LogP contribution in [0.1, 0.15) is 45.4 Å². The zero-order chi connectivity index (χ0) is 12.5. The predicted octanol–water partition coefficient (Wildman–Crippen LogP) is 2.32. The van der Waals surface area contributed by atoms with Crippen molar-refractivity contribution in [3.05, 3.63) is 12.2 Å². The standard InChI is InChI=1S/C14H26N2O/c1-2-6-13(9-10-15)7-8-14(17)16-11-4-3-5-12-16/h3-4,13H,2,5-12,15H2,1H3. The molecular weight excluding hydrogens is 212 g/mol. The normalized spacial score (nSPS) is 17.2. The Hall–Kier alpha value is -0.830. The molecule has 3 heteroatoms. The van der Waals surface area contributed by atoms with Crippen molar-refractivity contribution in [2.24, 2.45) is 11.7 Å². The van der Waals surface area contributed by atoms with E-state index in [-0.39, 0.29) is 0 Å². The summed E-state index contributed by atoms with van der Waals surface area (Å²) in [6.07, 6.45) is 10.4. The second kappa shape index (κ2) is 8.29. The van der Waals surface area contributed by atoms with Crippen molar-refractivity contribution >= 4 is 5.91 Å². The highest BCUT2D eigenvalue weighted by atomic mass is 16.2. The van der Waals surface area contributed by atoms with Crippen LogP contribution < -0.4 is 5.73 Å². The van der Waals surface area contributed by atoms with E-state index in [0.29, 0.717) is 18.2 Å². The van der Waals surface area contributed by atoms with Crippen molar-refractivity contribution in [3.8, 4) is 0 Å². The van der Waals surface area contributed by atoms with E-state index in [1.807, 2.05) is 4.90 Å². The molecule has 0 aromatic heterocycles. The third-order valence-electron chi connectivity index (χ3n) is 3.45. The fraction of sp³-hybridized carbons (Fsp3) is 0.786. The van der Waals surface area contributed by atoms with Gasteiger partial charge in [0.05, 0.1) is 0 Å². The highest BCUT2D eigenvalue weighted by Crippen LogP contribution is 2.18. The fourth-order valence-corrected chi connectivity index (χ4v) is 2.43. The predicted molar refractivity (Wildman–Crippen MR) is 71.6 cm³/mol. The van der Waals surface area contributed by atoms with E-state index in [1.54, 1.807) is 0 Å². The van der Waals surface area contributed by atoms with E-state index >= 15 is 0 Å².